The number of thioether (sulfide) groups is 1. The molecular formula is C11H15N3O5S. The van der Waals surface area contributed by atoms with E-state index in [1.54, 1.807) is 6.92 Å². The fraction of sp³-hybridized carbons (Fsp3) is 0.455. The molecular weight excluding hydrogens is 286 g/mol. The molecule has 0 aliphatic carbocycles. The molecule has 0 aromatic rings. The Bertz CT molecular complexity index is 477. The van der Waals surface area contributed by atoms with Gasteiger partial charge in [0.15, 0.2) is 0 Å². The van der Waals surface area contributed by atoms with Crippen molar-refractivity contribution in [2.75, 3.05) is 18.8 Å². The molecule has 0 unspecified atom stereocenters. The topological polar surface area (TPSA) is 130 Å². The first kappa shape index (κ1) is 16.2. The number of aliphatic carboxylic acids is 1. The molecule has 20 heavy (non-hydrogen) atoms. The molecule has 1 aliphatic heterocycles. The number of imide groups is 1. The fourth-order valence-corrected chi connectivity index (χ4v) is 2.37. The van der Waals surface area contributed by atoms with Crippen LogP contribution in [0.25, 0.3) is 0 Å². The zero-order chi connectivity index (χ0) is 15.3. The Kier molecular flexibility index (Phi) is 5.71. The quantitative estimate of drug-likeness (QED) is 0.489. The van der Waals surface area contributed by atoms with Gasteiger partial charge in [0.2, 0.25) is 5.91 Å². The van der Waals surface area contributed by atoms with Crippen LogP contribution in [-0.2, 0) is 19.2 Å². The number of hydrogen-bond donors (Lipinski definition) is 3. The summed E-state index contributed by atoms with van der Waals surface area (Å²) in [6.07, 6.45) is 1.21. The molecule has 1 aliphatic rings. The van der Waals surface area contributed by atoms with E-state index in [2.05, 4.69) is 5.32 Å². The Hall–Kier alpha value is -1.87. The smallest absolute Gasteiger partial charge is 0.322 e. The van der Waals surface area contributed by atoms with Crippen molar-refractivity contribution in [3.8, 4) is 0 Å². The van der Waals surface area contributed by atoms with E-state index in [1.165, 1.54) is 6.08 Å². The number of nitrogens with one attached hydrogen (secondary N) is 1. The second-order valence-corrected chi connectivity index (χ2v) is 4.99. The molecule has 0 radical (unpaired) electrons. The third-order valence-electron chi connectivity index (χ3n) is 2.46. The zero-order valence-corrected chi connectivity index (χ0v) is 11.6. The molecule has 9 heteroatoms. The van der Waals surface area contributed by atoms with Gasteiger partial charge in [-0.2, -0.15) is 0 Å². The molecule has 1 rings (SSSR count). The molecule has 0 fully saturated rings. The zero-order valence-electron chi connectivity index (χ0n) is 10.8. The molecule has 110 valence electrons. The third kappa shape index (κ3) is 4.07. The molecule has 0 saturated carbocycles. The number of nitrogens with two attached hydrogens (primary N) is 1. The predicted octanol–water partition coefficient (Wildman–Crippen LogP) is -1.48. The average Bonchev–Trinajstić information content (AvgIpc) is 2.67. The van der Waals surface area contributed by atoms with Gasteiger partial charge < -0.3 is 16.2 Å². The van der Waals surface area contributed by atoms with Gasteiger partial charge in [0.1, 0.15) is 6.54 Å². The highest BCUT2D eigenvalue weighted by Crippen LogP contribution is 2.24. The average molecular weight is 301 g/mol. The lowest BCUT2D eigenvalue weighted by Gasteiger charge is -2.12. The first-order valence-corrected chi connectivity index (χ1v) is 6.80. The van der Waals surface area contributed by atoms with E-state index in [0.29, 0.717) is 0 Å². The van der Waals surface area contributed by atoms with E-state index in [4.69, 9.17) is 10.8 Å². The number of amides is 3. The van der Waals surface area contributed by atoms with Gasteiger partial charge in [-0.25, -0.2) is 0 Å². The highest BCUT2D eigenvalue weighted by Gasteiger charge is 2.30. The summed E-state index contributed by atoms with van der Waals surface area (Å²) >= 11 is 1.00. The van der Waals surface area contributed by atoms with Crippen molar-refractivity contribution in [1.29, 1.82) is 0 Å². The number of carboxylic acids is 1. The highest BCUT2D eigenvalue weighted by atomic mass is 32.2. The lowest BCUT2D eigenvalue weighted by Crippen LogP contribution is -2.44. The number of carbonyl (C=O) groups excluding carboxylic acids is 3. The minimum atomic E-state index is -1.17. The predicted molar refractivity (Wildman–Crippen MR) is 71.6 cm³/mol. The largest absolute Gasteiger partial charge is 0.480 e. The Morgan fingerprint density at radius 3 is 2.65 bits per heavy atom. The first-order chi connectivity index (χ1) is 9.36. The van der Waals surface area contributed by atoms with Gasteiger partial charge in [-0.3, -0.25) is 24.1 Å². The lowest BCUT2D eigenvalue weighted by atomic mass is 10.3. The van der Waals surface area contributed by atoms with Crippen LogP contribution in [0.15, 0.2) is 11.0 Å². The Balaban J connectivity index is 2.46. The minimum absolute atomic E-state index is 0.0772. The lowest BCUT2D eigenvalue weighted by molar-refractivity contribution is -0.138. The van der Waals surface area contributed by atoms with Crippen LogP contribution >= 0.6 is 11.8 Å². The van der Waals surface area contributed by atoms with Crippen LogP contribution < -0.4 is 11.1 Å². The SMILES string of the molecule is CCN1C(=O)C=C(SC[C@H](N)C(=O)NCC(=O)O)C1=O. The number of carboxylic acid groups (broad SMARTS) is 1. The maximum Gasteiger partial charge on any atom is 0.322 e. The van der Waals surface area contributed by atoms with Crippen molar-refractivity contribution in [2.45, 2.75) is 13.0 Å². The van der Waals surface area contributed by atoms with Crippen LogP contribution in [0.2, 0.25) is 0 Å². The summed E-state index contributed by atoms with van der Waals surface area (Å²) in [6.45, 7) is 1.45. The summed E-state index contributed by atoms with van der Waals surface area (Å²) in [5, 5.41) is 10.5. The molecule has 4 N–H and O–H groups in total. The number of carbonyl (C=O) groups is 4. The van der Waals surface area contributed by atoms with Crippen LogP contribution in [0, 0.1) is 0 Å². The Morgan fingerprint density at radius 2 is 2.15 bits per heavy atom. The molecule has 0 spiro atoms. The Labute approximate surface area is 119 Å². The van der Waals surface area contributed by atoms with Crippen LogP contribution in [0.3, 0.4) is 0 Å². The second kappa shape index (κ2) is 7.06. The molecule has 0 aromatic carbocycles. The Morgan fingerprint density at radius 1 is 1.50 bits per heavy atom. The standard InChI is InChI=1S/C11H15N3O5S/c1-2-14-8(15)3-7(11(14)19)20-5-6(12)10(18)13-4-9(16)17/h3,6H,2,4-5,12H2,1H3,(H,13,18)(H,16,17)/t6-/m0/s1. The summed E-state index contributed by atoms with van der Waals surface area (Å²) < 4.78 is 0. The van der Waals surface area contributed by atoms with E-state index in [9.17, 15) is 19.2 Å². The van der Waals surface area contributed by atoms with Crippen molar-refractivity contribution >= 4 is 35.5 Å². The van der Waals surface area contributed by atoms with Gasteiger partial charge in [0.25, 0.3) is 11.8 Å². The van der Waals surface area contributed by atoms with E-state index >= 15 is 0 Å². The van der Waals surface area contributed by atoms with Crippen molar-refractivity contribution in [2.24, 2.45) is 5.73 Å². The molecule has 8 nitrogen and oxygen atoms in total. The summed E-state index contributed by atoms with van der Waals surface area (Å²) in [7, 11) is 0. The van der Waals surface area contributed by atoms with Crippen LogP contribution in [-0.4, -0.2) is 58.6 Å². The highest BCUT2D eigenvalue weighted by molar-refractivity contribution is 8.04. The second-order valence-electron chi connectivity index (χ2n) is 3.93. The molecule has 0 bridgehead atoms. The van der Waals surface area contributed by atoms with Gasteiger partial charge in [0, 0.05) is 18.4 Å². The summed E-state index contributed by atoms with van der Waals surface area (Å²) in [5.41, 5.74) is 5.57. The molecule has 0 aromatic heterocycles. The normalized spacial score (nSPS) is 16.1. The van der Waals surface area contributed by atoms with Gasteiger partial charge in [0.05, 0.1) is 10.9 Å². The van der Waals surface area contributed by atoms with Crippen molar-refractivity contribution in [3.05, 3.63) is 11.0 Å². The monoisotopic (exact) mass is 301 g/mol. The van der Waals surface area contributed by atoms with Gasteiger partial charge >= 0.3 is 5.97 Å². The van der Waals surface area contributed by atoms with Crippen LogP contribution in [0.4, 0.5) is 0 Å². The molecule has 0 saturated heterocycles. The van der Waals surface area contributed by atoms with Crippen LogP contribution in [0.1, 0.15) is 6.92 Å². The van der Waals surface area contributed by atoms with E-state index in [1.807, 2.05) is 0 Å². The maximum atomic E-state index is 11.7. The van der Waals surface area contributed by atoms with E-state index in [-0.39, 0.29) is 23.1 Å². The first-order valence-electron chi connectivity index (χ1n) is 5.82. The number of likely N-dealkylation sites (N-methyl/N-ethyl adjacent to an activating group) is 1. The van der Waals surface area contributed by atoms with E-state index in [0.717, 1.165) is 16.7 Å². The summed E-state index contributed by atoms with van der Waals surface area (Å²) in [6, 6.07) is -0.959. The van der Waals surface area contributed by atoms with E-state index < -0.39 is 30.4 Å². The van der Waals surface area contributed by atoms with Crippen molar-refractivity contribution < 1.29 is 24.3 Å². The van der Waals surface area contributed by atoms with Gasteiger partial charge in [-0.1, -0.05) is 0 Å². The van der Waals surface area contributed by atoms with Crippen molar-refractivity contribution in [3.63, 3.8) is 0 Å². The number of rotatable bonds is 7. The third-order valence-corrected chi connectivity index (χ3v) is 3.59. The van der Waals surface area contributed by atoms with Crippen molar-refractivity contribution in [1.82, 2.24) is 10.2 Å². The van der Waals surface area contributed by atoms with Gasteiger partial charge in [-0.05, 0) is 6.92 Å². The minimum Gasteiger partial charge on any atom is -0.480 e. The van der Waals surface area contributed by atoms with Gasteiger partial charge in [-0.15, -0.1) is 11.8 Å². The molecule has 1 atom stereocenters. The summed E-state index contributed by atoms with van der Waals surface area (Å²) in [4.78, 5) is 46.2. The fourth-order valence-electron chi connectivity index (χ4n) is 1.44. The van der Waals surface area contributed by atoms with Crippen LogP contribution in [0.5, 0.6) is 0 Å². The number of hydrogen-bond acceptors (Lipinski definition) is 6. The molecule has 3 amide bonds. The number of nitrogens with zero attached hydrogens (tertiary/aromatic N) is 1. The summed E-state index contributed by atoms with van der Waals surface area (Å²) in [5.74, 6) is -2.50. The molecule has 1 heterocycles. The maximum absolute atomic E-state index is 11.7.